The standard InChI is InChI=1S/C15H21N3O/c1-18(11-12-2-6-16-7-3-12)14(19)13-10-15(13)4-8-17-9-5-15/h2-3,6-7,13,17H,4-5,8-11H2,1H3. The van der Waals surface area contributed by atoms with Crippen LogP contribution in [0.3, 0.4) is 0 Å². The molecule has 2 fully saturated rings. The summed E-state index contributed by atoms with van der Waals surface area (Å²) < 4.78 is 0. The Labute approximate surface area is 114 Å². The van der Waals surface area contributed by atoms with Crippen LogP contribution >= 0.6 is 0 Å². The summed E-state index contributed by atoms with van der Waals surface area (Å²) in [7, 11) is 1.91. The third kappa shape index (κ3) is 2.50. The van der Waals surface area contributed by atoms with E-state index in [9.17, 15) is 4.79 Å². The maximum Gasteiger partial charge on any atom is 0.226 e. The number of aromatic nitrogens is 1. The average Bonchev–Trinajstić information content (AvgIpc) is 3.13. The molecule has 2 heterocycles. The fourth-order valence-corrected chi connectivity index (χ4v) is 3.28. The van der Waals surface area contributed by atoms with Crippen molar-refractivity contribution in [1.29, 1.82) is 0 Å². The lowest BCUT2D eigenvalue weighted by Gasteiger charge is -2.25. The Morgan fingerprint density at radius 1 is 1.42 bits per heavy atom. The number of amides is 1. The van der Waals surface area contributed by atoms with E-state index in [0.717, 1.165) is 37.9 Å². The molecule has 1 N–H and O–H groups in total. The van der Waals surface area contributed by atoms with Crippen LogP contribution in [-0.4, -0.2) is 35.9 Å². The molecular weight excluding hydrogens is 238 g/mol. The van der Waals surface area contributed by atoms with E-state index in [-0.39, 0.29) is 5.92 Å². The topological polar surface area (TPSA) is 45.2 Å². The van der Waals surface area contributed by atoms with Crippen LogP contribution in [0.25, 0.3) is 0 Å². The summed E-state index contributed by atoms with van der Waals surface area (Å²) in [5, 5.41) is 3.38. The second-order valence-corrected chi connectivity index (χ2v) is 5.92. The molecule has 1 aliphatic carbocycles. The molecule has 1 spiro atoms. The Kier molecular flexibility index (Phi) is 3.27. The fraction of sp³-hybridized carbons (Fsp3) is 0.600. The van der Waals surface area contributed by atoms with Gasteiger partial charge in [0.2, 0.25) is 5.91 Å². The van der Waals surface area contributed by atoms with Crippen LogP contribution in [0, 0.1) is 11.3 Å². The number of hydrogen-bond acceptors (Lipinski definition) is 3. The van der Waals surface area contributed by atoms with Crippen molar-refractivity contribution in [3.63, 3.8) is 0 Å². The molecule has 1 aromatic heterocycles. The van der Waals surface area contributed by atoms with Crippen molar-refractivity contribution in [3.05, 3.63) is 30.1 Å². The van der Waals surface area contributed by atoms with Crippen molar-refractivity contribution >= 4 is 5.91 Å². The highest BCUT2D eigenvalue weighted by atomic mass is 16.2. The second kappa shape index (κ2) is 4.93. The van der Waals surface area contributed by atoms with E-state index in [0.29, 0.717) is 17.9 Å². The quantitative estimate of drug-likeness (QED) is 0.893. The van der Waals surface area contributed by atoms with Gasteiger partial charge in [0.25, 0.3) is 0 Å². The van der Waals surface area contributed by atoms with E-state index in [1.165, 1.54) is 0 Å². The first-order valence-electron chi connectivity index (χ1n) is 7.06. The Morgan fingerprint density at radius 2 is 2.11 bits per heavy atom. The molecule has 4 heteroatoms. The van der Waals surface area contributed by atoms with E-state index in [1.54, 1.807) is 12.4 Å². The van der Waals surface area contributed by atoms with E-state index in [4.69, 9.17) is 0 Å². The van der Waals surface area contributed by atoms with Crippen molar-refractivity contribution in [1.82, 2.24) is 15.2 Å². The lowest BCUT2D eigenvalue weighted by molar-refractivity contribution is -0.132. The number of piperidine rings is 1. The van der Waals surface area contributed by atoms with Gasteiger partial charge in [0.1, 0.15) is 0 Å². The predicted molar refractivity (Wildman–Crippen MR) is 73.4 cm³/mol. The zero-order chi connectivity index (χ0) is 13.3. The van der Waals surface area contributed by atoms with E-state index in [1.807, 2.05) is 24.1 Å². The van der Waals surface area contributed by atoms with Gasteiger partial charge < -0.3 is 10.2 Å². The summed E-state index contributed by atoms with van der Waals surface area (Å²) in [5.74, 6) is 0.583. The van der Waals surface area contributed by atoms with E-state index < -0.39 is 0 Å². The molecule has 1 saturated heterocycles. The summed E-state index contributed by atoms with van der Waals surface area (Å²) in [6.07, 6.45) is 6.96. The van der Waals surface area contributed by atoms with Crippen molar-refractivity contribution < 1.29 is 4.79 Å². The monoisotopic (exact) mass is 259 g/mol. The molecule has 1 aliphatic heterocycles. The molecule has 0 radical (unpaired) electrons. The average molecular weight is 259 g/mol. The lowest BCUT2D eigenvalue weighted by atomic mass is 9.91. The van der Waals surface area contributed by atoms with Crippen LogP contribution in [0.2, 0.25) is 0 Å². The van der Waals surface area contributed by atoms with Crippen molar-refractivity contribution in [2.45, 2.75) is 25.8 Å². The van der Waals surface area contributed by atoms with Gasteiger partial charge >= 0.3 is 0 Å². The molecule has 0 aromatic carbocycles. The van der Waals surface area contributed by atoms with Crippen molar-refractivity contribution in [3.8, 4) is 0 Å². The molecule has 1 atom stereocenters. The van der Waals surface area contributed by atoms with Crippen LogP contribution in [0.4, 0.5) is 0 Å². The molecule has 1 saturated carbocycles. The van der Waals surface area contributed by atoms with E-state index in [2.05, 4.69) is 10.3 Å². The van der Waals surface area contributed by atoms with Crippen LogP contribution in [-0.2, 0) is 11.3 Å². The van der Waals surface area contributed by atoms with Gasteiger partial charge in [-0.25, -0.2) is 0 Å². The zero-order valence-electron chi connectivity index (χ0n) is 11.4. The summed E-state index contributed by atoms with van der Waals surface area (Å²) in [4.78, 5) is 18.3. The number of hydrogen-bond donors (Lipinski definition) is 1. The number of rotatable bonds is 3. The van der Waals surface area contributed by atoms with Gasteiger partial charge in [0, 0.05) is 31.9 Å². The van der Waals surface area contributed by atoms with Gasteiger partial charge in [-0.1, -0.05) is 0 Å². The predicted octanol–water partition coefficient (Wildman–Crippen LogP) is 1.43. The van der Waals surface area contributed by atoms with Gasteiger partial charge in [-0.05, 0) is 55.5 Å². The number of carbonyl (C=O) groups excluding carboxylic acids is 1. The van der Waals surface area contributed by atoms with Gasteiger partial charge in [-0.3, -0.25) is 9.78 Å². The SMILES string of the molecule is CN(Cc1ccncc1)C(=O)C1CC12CCNCC2. The highest BCUT2D eigenvalue weighted by Crippen LogP contribution is 2.59. The Morgan fingerprint density at radius 3 is 2.79 bits per heavy atom. The third-order valence-corrected chi connectivity index (χ3v) is 4.63. The molecule has 2 aliphatic rings. The molecule has 102 valence electrons. The van der Waals surface area contributed by atoms with Gasteiger partial charge in [0.15, 0.2) is 0 Å². The maximum absolute atomic E-state index is 12.5. The Balaban J connectivity index is 1.59. The lowest BCUT2D eigenvalue weighted by Crippen LogP contribution is -2.34. The smallest absolute Gasteiger partial charge is 0.226 e. The summed E-state index contributed by atoms with van der Waals surface area (Å²) in [6.45, 7) is 2.82. The van der Waals surface area contributed by atoms with Gasteiger partial charge in [-0.15, -0.1) is 0 Å². The van der Waals surface area contributed by atoms with Crippen LogP contribution in [0.5, 0.6) is 0 Å². The zero-order valence-corrected chi connectivity index (χ0v) is 11.4. The first-order chi connectivity index (χ1) is 9.21. The fourth-order valence-electron chi connectivity index (χ4n) is 3.28. The molecular formula is C15H21N3O. The van der Waals surface area contributed by atoms with Crippen molar-refractivity contribution in [2.75, 3.05) is 20.1 Å². The molecule has 3 rings (SSSR count). The third-order valence-electron chi connectivity index (χ3n) is 4.63. The van der Waals surface area contributed by atoms with Gasteiger partial charge in [-0.2, -0.15) is 0 Å². The Hall–Kier alpha value is -1.42. The largest absolute Gasteiger partial charge is 0.341 e. The van der Waals surface area contributed by atoms with Crippen LogP contribution < -0.4 is 5.32 Å². The Bertz CT molecular complexity index is 454. The minimum atomic E-state index is 0.265. The van der Waals surface area contributed by atoms with E-state index >= 15 is 0 Å². The summed E-state index contributed by atoms with van der Waals surface area (Å²) in [5.41, 5.74) is 1.47. The normalized spacial score (nSPS) is 24.2. The number of pyridine rings is 1. The molecule has 0 bridgehead atoms. The minimum absolute atomic E-state index is 0.265. The van der Waals surface area contributed by atoms with Crippen molar-refractivity contribution in [2.24, 2.45) is 11.3 Å². The molecule has 19 heavy (non-hydrogen) atoms. The first kappa shape index (κ1) is 12.6. The minimum Gasteiger partial charge on any atom is -0.341 e. The second-order valence-electron chi connectivity index (χ2n) is 5.92. The molecule has 1 unspecified atom stereocenters. The van der Waals surface area contributed by atoms with Crippen LogP contribution in [0.1, 0.15) is 24.8 Å². The summed E-state index contributed by atoms with van der Waals surface area (Å²) >= 11 is 0. The number of nitrogens with zero attached hydrogens (tertiary/aromatic N) is 2. The highest BCUT2D eigenvalue weighted by Gasteiger charge is 2.58. The van der Waals surface area contributed by atoms with Crippen LogP contribution in [0.15, 0.2) is 24.5 Å². The maximum atomic E-state index is 12.5. The highest BCUT2D eigenvalue weighted by molar-refractivity contribution is 5.82. The number of nitrogens with one attached hydrogen (secondary N) is 1. The molecule has 1 aromatic rings. The molecule has 4 nitrogen and oxygen atoms in total. The number of carbonyl (C=O) groups is 1. The molecule has 1 amide bonds. The van der Waals surface area contributed by atoms with Gasteiger partial charge in [0.05, 0.1) is 0 Å². The first-order valence-corrected chi connectivity index (χ1v) is 7.06. The summed E-state index contributed by atoms with van der Waals surface area (Å²) in [6, 6.07) is 3.94.